The summed E-state index contributed by atoms with van der Waals surface area (Å²) in [6.45, 7) is 11.1. The first kappa shape index (κ1) is 19.3. The molecule has 0 aliphatic carbocycles. The maximum atomic E-state index is 13.5. The molecule has 0 aliphatic heterocycles. The van der Waals surface area contributed by atoms with Crippen LogP contribution in [-0.4, -0.2) is 12.1 Å². The smallest absolute Gasteiger partial charge is 0.123 e. The summed E-state index contributed by atoms with van der Waals surface area (Å²) in [5.41, 5.74) is 6.40. The highest BCUT2D eigenvalue weighted by Crippen LogP contribution is 2.37. The normalized spacial score (nSPS) is 11.9. The molecule has 0 saturated carbocycles. The van der Waals surface area contributed by atoms with Crippen molar-refractivity contribution >= 4 is 6.08 Å². The number of hydrogen-bond acceptors (Lipinski definition) is 2. The number of methoxy groups -OCH3 is 1. The van der Waals surface area contributed by atoms with E-state index in [1.54, 1.807) is 7.11 Å². The van der Waals surface area contributed by atoms with Gasteiger partial charge in [0.05, 0.1) is 12.3 Å². The molecule has 0 N–H and O–H groups in total. The first-order valence-corrected chi connectivity index (χ1v) is 8.84. The molecule has 0 bridgehead atoms. The van der Waals surface area contributed by atoms with Crippen LogP contribution in [0.5, 0.6) is 0 Å². The van der Waals surface area contributed by atoms with Crippen LogP contribution in [0.2, 0.25) is 0 Å². The molecule has 2 rings (SSSR count). The average molecular weight is 341 g/mol. The molecule has 0 saturated heterocycles. The third-order valence-corrected chi connectivity index (χ3v) is 4.25. The van der Waals surface area contributed by atoms with Crippen LogP contribution < -0.4 is 0 Å². The lowest BCUT2D eigenvalue weighted by Crippen LogP contribution is -2.11. The number of ether oxygens (including phenoxy) is 1. The minimum atomic E-state index is -0.230. The highest BCUT2D eigenvalue weighted by Gasteiger charge is 2.22. The standard InChI is InChI=1S/C22H28FNO/c1-7-8-18-20(16-9-11-17(23)12-10-16)19(13-25-6)22(15(4)5)24-21(18)14(2)3/h7-12,14-15H,13H2,1-6H3/b8-7+. The summed E-state index contributed by atoms with van der Waals surface area (Å²) >= 11 is 0. The van der Waals surface area contributed by atoms with Crippen LogP contribution in [0, 0.1) is 5.82 Å². The second kappa shape index (κ2) is 8.39. The van der Waals surface area contributed by atoms with Crippen LogP contribution in [0.3, 0.4) is 0 Å². The van der Waals surface area contributed by atoms with Gasteiger partial charge in [-0.1, -0.05) is 52.0 Å². The van der Waals surface area contributed by atoms with Crippen LogP contribution in [-0.2, 0) is 11.3 Å². The molecule has 25 heavy (non-hydrogen) atoms. The molecule has 134 valence electrons. The van der Waals surface area contributed by atoms with Crippen molar-refractivity contribution in [3.8, 4) is 11.1 Å². The molecular formula is C22H28FNO. The van der Waals surface area contributed by atoms with Gasteiger partial charge in [0.1, 0.15) is 5.82 Å². The molecule has 0 atom stereocenters. The van der Waals surface area contributed by atoms with E-state index in [4.69, 9.17) is 9.72 Å². The van der Waals surface area contributed by atoms with Gasteiger partial charge in [-0.3, -0.25) is 4.98 Å². The molecular weight excluding hydrogens is 313 g/mol. The van der Waals surface area contributed by atoms with Gasteiger partial charge in [-0.05, 0) is 42.0 Å². The molecule has 0 spiro atoms. The van der Waals surface area contributed by atoms with Crippen LogP contribution in [0.15, 0.2) is 30.3 Å². The Bertz CT molecular complexity index is 746. The SMILES string of the molecule is C/C=C/c1c(C(C)C)nc(C(C)C)c(COC)c1-c1ccc(F)cc1. The number of allylic oxidation sites excluding steroid dienone is 1. The van der Waals surface area contributed by atoms with E-state index in [1.807, 2.05) is 25.1 Å². The molecule has 1 heterocycles. The Morgan fingerprint density at radius 1 is 1.04 bits per heavy atom. The summed E-state index contributed by atoms with van der Waals surface area (Å²) < 4.78 is 19.0. The highest BCUT2D eigenvalue weighted by atomic mass is 19.1. The Labute approximate surface area is 150 Å². The van der Waals surface area contributed by atoms with Gasteiger partial charge in [0.2, 0.25) is 0 Å². The summed E-state index contributed by atoms with van der Waals surface area (Å²) in [5.74, 6) is 0.341. The predicted octanol–water partition coefficient (Wildman–Crippen LogP) is 6.31. The number of aromatic nitrogens is 1. The van der Waals surface area contributed by atoms with Crippen molar-refractivity contribution in [3.63, 3.8) is 0 Å². The van der Waals surface area contributed by atoms with Gasteiger partial charge < -0.3 is 4.74 Å². The number of nitrogens with zero attached hydrogens (tertiary/aromatic N) is 1. The molecule has 2 aromatic rings. The monoisotopic (exact) mass is 341 g/mol. The van der Waals surface area contributed by atoms with Crippen molar-refractivity contribution in [2.45, 2.75) is 53.1 Å². The maximum Gasteiger partial charge on any atom is 0.123 e. The van der Waals surface area contributed by atoms with E-state index >= 15 is 0 Å². The molecule has 2 nitrogen and oxygen atoms in total. The third kappa shape index (κ3) is 4.16. The second-order valence-electron chi connectivity index (χ2n) is 6.90. The van der Waals surface area contributed by atoms with Gasteiger partial charge in [-0.15, -0.1) is 0 Å². The van der Waals surface area contributed by atoms with Crippen molar-refractivity contribution in [1.29, 1.82) is 0 Å². The third-order valence-electron chi connectivity index (χ3n) is 4.25. The van der Waals surface area contributed by atoms with Crippen LogP contribution >= 0.6 is 0 Å². The Hall–Kier alpha value is -2.00. The van der Waals surface area contributed by atoms with Gasteiger partial charge in [-0.2, -0.15) is 0 Å². The molecule has 0 unspecified atom stereocenters. The minimum absolute atomic E-state index is 0.230. The van der Waals surface area contributed by atoms with Gasteiger partial charge in [0.15, 0.2) is 0 Å². The molecule has 0 amide bonds. The van der Waals surface area contributed by atoms with E-state index < -0.39 is 0 Å². The highest BCUT2D eigenvalue weighted by molar-refractivity contribution is 5.80. The van der Waals surface area contributed by atoms with Gasteiger partial charge in [0, 0.05) is 23.9 Å². The van der Waals surface area contributed by atoms with E-state index in [9.17, 15) is 4.39 Å². The molecule has 1 aromatic carbocycles. The number of halogens is 1. The zero-order valence-corrected chi connectivity index (χ0v) is 16.1. The fraction of sp³-hybridized carbons (Fsp3) is 0.409. The van der Waals surface area contributed by atoms with Crippen molar-refractivity contribution in [1.82, 2.24) is 4.98 Å². The lowest BCUT2D eigenvalue weighted by molar-refractivity contribution is 0.184. The lowest BCUT2D eigenvalue weighted by Gasteiger charge is -2.23. The van der Waals surface area contributed by atoms with E-state index in [-0.39, 0.29) is 11.7 Å². The maximum absolute atomic E-state index is 13.5. The Balaban J connectivity index is 2.92. The van der Waals surface area contributed by atoms with Crippen LogP contribution in [0.25, 0.3) is 17.2 Å². The molecule has 3 heteroatoms. The molecule has 1 aromatic heterocycles. The van der Waals surface area contributed by atoms with Crippen molar-refractivity contribution in [2.75, 3.05) is 7.11 Å². The van der Waals surface area contributed by atoms with Gasteiger partial charge in [0.25, 0.3) is 0 Å². The fourth-order valence-electron chi connectivity index (χ4n) is 3.17. The van der Waals surface area contributed by atoms with E-state index in [2.05, 4.69) is 33.8 Å². The largest absolute Gasteiger partial charge is 0.380 e. The number of benzene rings is 1. The summed E-state index contributed by atoms with van der Waals surface area (Å²) in [6.07, 6.45) is 4.13. The van der Waals surface area contributed by atoms with E-state index in [0.29, 0.717) is 12.5 Å². The van der Waals surface area contributed by atoms with E-state index in [0.717, 1.165) is 33.6 Å². The Morgan fingerprint density at radius 3 is 2.12 bits per heavy atom. The molecule has 0 aliphatic rings. The zero-order chi connectivity index (χ0) is 18.6. The molecule has 0 fully saturated rings. The molecule has 0 radical (unpaired) electrons. The summed E-state index contributed by atoms with van der Waals surface area (Å²) in [7, 11) is 1.70. The summed E-state index contributed by atoms with van der Waals surface area (Å²) in [4.78, 5) is 5.01. The van der Waals surface area contributed by atoms with Gasteiger partial charge in [-0.25, -0.2) is 4.39 Å². The first-order chi connectivity index (χ1) is 11.9. The topological polar surface area (TPSA) is 22.1 Å². The summed E-state index contributed by atoms with van der Waals surface area (Å²) in [6, 6.07) is 6.70. The first-order valence-electron chi connectivity index (χ1n) is 8.84. The zero-order valence-electron chi connectivity index (χ0n) is 16.1. The number of pyridine rings is 1. The van der Waals surface area contributed by atoms with E-state index in [1.165, 1.54) is 12.1 Å². The fourth-order valence-corrected chi connectivity index (χ4v) is 3.17. The lowest BCUT2D eigenvalue weighted by atomic mass is 9.87. The average Bonchev–Trinajstić information content (AvgIpc) is 2.56. The Morgan fingerprint density at radius 2 is 1.64 bits per heavy atom. The predicted molar refractivity (Wildman–Crippen MR) is 103 cm³/mol. The van der Waals surface area contributed by atoms with Crippen molar-refractivity contribution in [2.24, 2.45) is 0 Å². The van der Waals surface area contributed by atoms with Gasteiger partial charge >= 0.3 is 0 Å². The number of rotatable bonds is 6. The minimum Gasteiger partial charge on any atom is -0.380 e. The van der Waals surface area contributed by atoms with Crippen molar-refractivity contribution < 1.29 is 9.13 Å². The number of hydrogen-bond donors (Lipinski definition) is 0. The van der Waals surface area contributed by atoms with Crippen LogP contribution in [0.1, 0.15) is 69.0 Å². The quantitative estimate of drug-likeness (QED) is 0.614. The van der Waals surface area contributed by atoms with Crippen LogP contribution in [0.4, 0.5) is 4.39 Å². The summed E-state index contributed by atoms with van der Waals surface area (Å²) in [5, 5.41) is 0. The second-order valence-corrected chi connectivity index (χ2v) is 6.90. The van der Waals surface area contributed by atoms with Crippen molar-refractivity contribution in [3.05, 3.63) is 58.7 Å². The Kier molecular flexibility index (Phi) is 6.49.